The van der Waals surface area contributed by atoms with Crippen LogP contribution in [-0.2, 0) is 6.54 Å². The topological polar surface area (TPSA) is 59.4 Å². The second kappa shape index (κ2) is 8.23. The van der Waals surface area contributed by atoms with E-state index >= 15 is 0 Å². The van der Waals surface area contributed by atoms with Gasteiger partial charge in [-0.15, -0.1) is 0 Å². The number of para-hydroxylation sites is 2. The Labute approximate surface area is 164 Å². The maximum atomic E-state index is 5.73. The third-order valence-electron chi connectivity index (χ3n) is 5.03. The minimum Gasteiger partial charge on any atom is -0.493 e. The molecular formula is C23H24N2O3. The second-order valence-corrected chi connectivity index (χ2v) is 6.64. The Balaban J connectivity index is 1.73. The third-order valence-corrected chi connectivity index (χ3v) is 5.03. The van der Waals surface area contributed by atoms with E-state index in [1.54, 1.807) is 20.5 Å². The number of nitrogens with one attached hydrogen (secondary N) is 2. The van der Waals surface area contributed by atoms with Gasteiger partial charge in [-0.1, -0.05) is 30.3 Å². The average Bonchev–Trinajstić information content (AvgIpc) is 3.40. The van der Waals surface area contributed by atoms with Crippen molar-refractivity contribution in [3.05, 3.63) is 83.9 Å². The van der Waals surface area contributed by atoms with Crippen LogP contribution < -0.4 is 14.8 Å². The van der Waals surface area contributed by atoms with Crippen LogP contribution in [0.2, 0.25) is 0 Å². The molecule has 1 atom stereocenters. The molecule has 2 N–H and O–H groups in total. The highest BCUT2D eigenvalue weighted by Gasteiger charge is 2.23. The van der Waals surface area contributed by atoms with Crippen molar-refractivity contribution in [3.8, 4) is 11.5 Å². The van der Waals surface area contributed by atoms with Gasteiger partial charge in [0, 0.05) is 35.1 Å². The van der Waals surface area contributed by atoms with E-state index in [1.165, 1.54) is 10.9 Å². The molecule has 5 nitrogen and oxygen atoms in total. The van der Waals surface area contributed by atoms with Gasteiger partial charge >= 0.3 is 0 Å². The monoisotopic (exact) mass is 376 g/mol. The van der Waals surface area contributed by atoms with Gasteiger partial charge in [0.2, 0.25) is 0 Å². The van der Waals surface area contributed by atoms with E-state index < -0.39 is 0 Å². The normalized spacial score (nSPS) is 12.2. The summed E-state index contributed by atoms with van der Waals surface area (Å²) in [6.07, 6.45) is 3.78. The summed E-state index contributed by atoms with van der Waals surface area (Å²) < 4.78 is 16.7. The maximum Gasteiger partial charge on any atom is 0.164 e. The van der Waals surface area contributed by atoms with Gasteiger partial charge in [0.05, 0.1) is 27.0 Å². The molecule has 0 fully saturated rings. The number of H-pyrrole nitrogens is 1. The number of aromatic amines is 1. The number of fused-ring (bicyclic) bond motifs is 1. The molecule has 144 valence electrons. The van der Waals surface area contributed by atoms with Crippen LogP contribution >= 0.6 is 0 Å². The summed E-state index contributed by atoms with van der Waals surface area (Å²) >= 11 is 0. The van der Waals surface area contributed by atoms with Gasteiger partial charge in [0.15, 0.2) is 11.5 Å². The van der Waals surface area contributed by atoms with Crippen LogP contribution in [0, 0.1) is 0 Å². The fourth-order valence-corrected chi connectivity index (χ4v) is 3.71. The zero-order chi connectivity index (χ0) is 19.3. The first kappa shape index (κ1) is 18.2. The van der Waals surface area contributed by atoms with Gasteiger partial charge in [-0.3, -0.25) is 0 Å². The van der Waals surface area contributed by atoms with Crippen LogP contribution in [0.15, 0.2) is 71.5 Å². The van der Waals surface area contributed by atoms with Gasteiger partial charge in [0.1, 0.15) is 5.76 Å². The summed E-state index contributed by atoms with van der Waals surface area (Å²) in [5, 5.41) is 4.73. The summed E-state index contributed by atoms with van der Waals surface area (Å²) in [6.45, 7) is 1.39. The highest BCUT2D eigenvalue weighted by molar-refractivity contribution is 5.84. The highest BCUT2D eigenvalue weighted by atomic mass is 16.5. The number of benzene rings is 2. The predicted octanol–water partition coefficient (Wildman–Crippen LogP) is 4.70. The number of rotatable bonds is 8. The molecule has 2 aromatic carbocycles. The zero-order valence-electron chi connectivity index (χ0n) is 16.1. The summed E-state index contributed by atoms with van der Waals surface area (Å²) in [6, 6.07) is 18.2. The van der Waals surface area contributed by atoms with E-state index in [4.69, 9.17) is 13.9 Å². The van der Waals surface area contributed by atoms with Crippen LogP contribution in [0.4, 0.5) is 0 Å². The van der Waals surface area contributed by atoms with Crippen LogP contribution in [-0.4, -0.2) is 25.7 Å². The van der Waals surface area contributed by atoms with E-state index in [0.717, 1.165) is 34.9 Å². The predicted molar refractivity (Wildman–Crippen MR) is 110 cm³/mol. The first-order chi connectivity index (χ1) is 13.8. The Morgan fingerprint density at radius 3 is 2.64 bits per heavy atom. The minimum absolute atomic E-state index is 0.0798. The number of aromatic nitrogens is 1. The Kier molecular flexibility index (Phi) is 5.35. The molecule has 4 rings (SSSR count). The van der Waals surface area contributed by atoms with Crippen molar-refractivity contribution >= 4 is 10.9 Å². The standard InChI is InChI=1S/C23H24N2O3/c1-26-22-11-5-9-18(23(22)27-2)19(14-24-13-16-7-6-12-28-16)20-15-25-21-10-4-3-8-17(20)21/h3-12,15,19,24-25H,13-14H2,1-2H3. The van der Waals surface area contributed by atoms with Crippen LogP contribution in [0.25, 0.3) is 10.9 Å². The average molecular weight is 376 g/mol. The molecule has 0 saturated heterocycles. The first-order valence-corrected chi connectivity index (χ1v) is 9.31. The smallest absolute Gasteiger partial charge is 0.164 e. The fourth-order valence-electron chi connectivity index (χ4n) is 3.71. The molecule has 28 heavy (non-hydrogen) atoms. The molecule has 0 spiro atoms. The maximum absolute atomic E-state index is 5.73. The largest absolute Gasteiger partial charge is 0.493 e. The van der Waals surface area contributed by atoms with E-state index in [0.29, 0.717) is 6.54 Å². The summed E-state index contributed by atoms with van der Waals surface area (Å²) in [4.78, 5) is 3.39. The number of ether oxygens (including phenoxy) is 2. The van der Waals surface area contributed by atoms with Gasteiger partial charge in [-0.25, -0.2) is 0 Å². The SMILES string of the molecule is COc1cccc(C(CNCc2ccco2)c2c[nH]c3ccccc23)c1OC. The molecule has 2 aromatic heterocycles. The Bertz CT molecular complexity index is 1040. The van der Waals surface area contributed by atoms with Crippen molar-refractivity contribution < 1.29 is 13.9 Å². The van der Waals surface area contributed by atoms with Crippen molar-refractivity contribution in [1.82, 2.24) is 10.3 Å². The second-order valence-electron chi connectivity index (χ2n) is 6.64. The molecule has 0 amide bonds. The lowest BCUT2D eigenvalue weighted by Crippen LogP contribution is -2.22. The van der Waals surface area contributed by atoms with Crippen molar-refractivity contribution in [2.45, 2.75) is 12.5 Å². The van der Waals surface area contributed by atoms with Crippen LogP contribution in [0.3, 0.4) is 0 Å². The molecule has 4 aromatic rings. The molecule has 0 aliphatic carbocycles. The number of furan rings is 1. The molecule has 2 heterocycles. The number of hydrogen-bond donors (Lipinski definition) is 2. The molecule has 0 aliphatic rings. The van der Waals surface area contributed by atoms with E-state index in [-0.39, 0.29) is 5.92 Å². The summed E-state index contributed by atoms with van der Waals surface area (Å²) in [7, 11) is 3.35. The molecule has 5 heteroatoms. The Morgan fingerprint density at radius 2 is 1.86 bits per heavy atom. The highest BCUT2D eigenvalue weighted by Crippen LogP contribution is 2.40. The molecule has 0 aliphatic heterocycles. The lowest BCUT2D eigenvalue weighted by molar-refractivity contribution is 0.350. The Hall–Kier alpha value is -3.18. The molecular weight excluding hydrogens is 352 g/mol. The van der Waals surface area contributed by atoms with E-state index in [1.807, 2.05) is 30.3 Å². The molecule has 0 bridgehead atoms. The summed E-state index contributed by atoms with van der Waals surface area (Å²) in [5.74, 6) is 2.49. The minimum atomic E-state index is 0.0798. The third kappa shape index (κ3) is 3.49. The van der Waals surface area contributed by atoms with Crippen LogP contribution in [0.5, 0.6) is 11.5 Å². The molecule has 1 unspecified atom stereocenters. The number of methoxy groups -OCH3 is 2. The molecule has 0 saturated carbocycles. The first-order valence-electron chi connectivity index (χ1n) is 9.31. The number of hydrogen-bond acceptors (Lipinski definition) is 4. The summed E-state index contributed by atoms with van der Waals surface area (Å²) in [5.41, 5.74) is 3.42. The Morgan fingerprint density at radius 1 is 0.964 bits per heavy atom. The lowest BCUT2D eigenvalue weighted by atomic mass is 9.90. The van der Waals surface area contributed by atoms with E-state index in [2.05, 4.69) is 40.8 Å². The fraction of sp³-hybridized carbons (Fsp3) is 0.217. The van der Waals surface area contributed by atoms with Gasteiger partial charge in [-0.05, 0) is 29.8 Å². The van der Waals surface area contributed by atoms with Crippen LogP contribution in [0.1, 0.15) is 22.8 Å². The van der Waals surface area contributed by atoms with Crippen molar-refractivity contribution in [1.29, 1.82) is 0 Å². The van der Waals surface area contributed by atoms with Gasteiger partial charge in [0.25, 0.3) is 0 Å². The molecule has 0 radical (unpaired) electrons. The quantitative estimate of drug-likeness (QED) is 0.468. The van der Waals surface area contributed by atoms with Gasteiger partial charge in [-0.2, -0.15) is 0 Å². The van der Waals surface area contributed by atoms with Crippen molar-refractivity contribution in [2.24, 2.45) is 0 Å². The zero-order valence-corrected chi connectivity index (χ0v) is 16.1. The van der Waals surface area contributed by atoms with Crippen molar-refractivity contribution in [2.75, 3.05) is 20.8 Å². The van der Waals surface area contributed by atoms with Gasteiger partial charge < -0.3 is 24.2 Å². The van der Waals surface area contributed by atoms with Crippen molar-refractivity contribution in [3.63, 3.8) is 0 Å². The van der Waals surface area contributed by atoms with E-state index in [9.17, 15) is 0 Å². The lowest BCUT2D eigenvalue weighted by Gasteiger charge is -2.22.